The topological polar surface area (TPSA) is 37.4 Å². The van der Waals surface area contributed by atoms with Gasteiger partial charge in [0.05, 0.1) is 4.83 Å². The van der Waals surface area contributed by atoms with Gasteiger partial charge in [0.15, 0.2) is 5.78 Å². The summed E-state index contributed by atoms with van der Waals surface area (Å²) in [6, 6.07) is 4.51. The summed E-state index contributed by atoms with van der Waals surface area (Å²) in [6.07, 6.45) is -3.28. The highest BCUT2D eigenvalue weighted by atomic mass is 79.9. The number of amides is 1. The molecule has 0 N–H and O–H groups in total. The van der Waals surface area contributed by atoms with Gasteiger partial charge < -0.3 is 4.90 Å². The second-order valence-electron chi connectivity index (χ2n) is 5.14. The Morgan fingerprint density at radius 3 is 2.64 bits per heavy atom. The van der Waals surface area contributed by atoms with Crippen molar-refractivity contribution in [2.75, 3.05) is 11.4 Å². The average molecular weight is 378 g/mol. The van der Waals surface area contributed by atoms with Gasteiger partial charge >= 0.3 is 12.1 Å². The molecule has 1 unspecified atom stereocenters. The fraction of sp³-hybridized carbons (Fsp3) is 0.467. The van der Waals surface area contributed by atoms with Crippen LogP contribution in [-0.4, -0.2) is 29.2 Å². The Morgan fingerprint density at radius 1 is 1.36 bits per heavy atom. The van der Waals surface area contributed by atoms with Gasteiger partial charge in [0.25, 0.3) is 0 Å². The van der Waals surface area contributed by atoms with E-state index in [2.05, 4.69) is 15.9 Å². The molecule has 1 aromatic carbocycles. The predicted octanol–water partition coefficient (Wildman–Crippen LogP) is 3.88. The number of halogens is 4. The molecule has 0 fully saturated rings. The van der Waals surface area contributed by atoms with Crippen LogP contribution in [0.1, 0.15) is 35.7 Å². The van der Waals surface area contributed by atoms with Crippen LogP contribution in [0.15, 0.2) is 18.2 Å². The molecule has 0 saturated heterocycles. The van der Waals surface area contributed by atoms with Crippen molar-refractivity contribution in [1.82, 2.24) is 0 Å². The van der Waals surface area contributed by atoms with Crippen LogP contribution in [0.3, 0.4) is 0 Å². The van der Waals surface area contributed by atoms with Gasteiger partial charge in [0, 0.05) is 17.8 Å². The van der Waals surface area contributed by atoms with E-state index in [9.17, 15) is 22.8 Å². The van der Waals surface area contributed by atoms with Crippen molar-refractivity contribution >= 4 is 33.3 Å². The summed E-state index contributed by atoms with van der Waals surface area (Å²) in [7, 11) is 0. The fourth-order valence-electron chi connectivity index (χ4n) is 2.48. The fourth-order valence-corrected chi connectivity index (χ4v) is 2.74. The van der Waals surface area contributed by atoms with Gasteiger partial charge in [0.1, 0.15) is 0 Å². The lowest BCUT2D eigenvalue weighted by Gasteiger charge is -2.30. The molecule has 0 bridgehead atoms. The maximum absolute atomic E-state index is 12.6. The van der Waals surface area contributed by atoms with Crippen LogP contribution in [0.4, 0.5) is 18.9 Å². The summed E-state index contributed by atoms with van der Waals surface area (Å²) >= 11 is 3.27. The molecule has 7 heteroatoms. The zero-order chi connectivity index (χ0) is 16.5. The molecular weight excluding hydrogens is 363 g/mol. The van der Waals surface area contributed by atoms with E-state index in [1.54, 1.807) is 6.07 Å². The SMILES string of the molecule is CCC(Br)C(=O)c1ccc2c(c1)CCCN2C(=O)C(F)(F)F. The Kier molecular flexibility index (Phi) is 4.94. The van der Waals surface area contributed by atoms with E-state index in [1.807, 2.05) is 6.92 Å². The normalized spacial score (nSPS) is 16.1. The third kappa shape index (κ3) is 3.34. The Morgan fingerprint density at radius 2 is 2.05 bits per heavy atom. The molecule has 1 aromatic rings. The number of carbonyl (C=O) groups is 2. The number of nitrogens with zero attached hydrogens (tertiary/aromatic N) is 1. The number of rotatable bonds is 3. The largest absolute Gasteiger partial charge is 0.471 e. The van der Waals surface area contributed by atoms with Crippen molar-refractivity contribution in [3.05, 3.63) is 29.3 Å². The second-order valence-corrected chi connectivity index (χ2v) is 6.25. The van der Waals surface area contributed by atoms with E-state index in [1.165, 1.54) is 12.1 Å². The molecule has 1 aliphatic rings. The smallest absolute Gasteiger partial charge is 0.304 e. The molecule has 0 radical (unpaired) electrons. The summed E-state index contributed by atoms with van der Waals surface area (Å²) in [5.74, 6) is -1.97. The summed E-state index contributed by atoms with van der Waals surface area (Å²) in [4.78, 5) is 24.0. The standard InChI is InChI=1S/C15H15BrF3NO2/c1-2-11(16)13(21)10-5-6-12-9(8-10)4-3-7-20(12)14(22)15(17,18)19/h5-6,8,11H,2-4,7H2,1H3. The van der Waals surface area contributed by atoms with E-state index < -0.39 is 12.1 Å². The molecule has 0 saturated carbocycles. The van der Waals surface area contributed by atoms with Crippen LogP contribution in [0.5, 0.6) is 0 Å². The first kappa shape index (κ1) is 17.0. The van der Waals surface area contributed by atoms with Gasteiger partial charge in [-0.05, 0) is 43.0 Å². The minimum atomic E-state index is -4.90. The quantitative estimate of drug-likeness (QED) is 0.591. The van der Waals surface area contributed by atoms with Crippen LogP contribution in [0.25, 0.3) is 0 Å². The Balaban J connectivity index is 2.35. The van der Waals surface area contributed by atoms with Crippen LogP contribution in [0, 0.1) is 0 Å². The Bertz CT molecular complexity index is 601. The Labute approximate surface area is 134 Å². The van der Waals surface area contributed by atoms with E-state index in [-0.39, 0.29) is 22.8 Å². The molecule has 0 spiro atoms. The van der Waals surface area contributed by atoms with E-state index >= 15 is 0 Å². The number of anilines is 1. The van der Waals surface area contributed by atoms with E-state index in [0.717, 1.165) is 4.90 Å². The monoisotopic (exact) mass is 377 g/mol. The molecule has 0 aliphatic carbocycles. The number of alkyl halides is 4. The van der Waals surface area contributed by atoms with Crippen molar-refractivity contribution in [3.8, 4) is 0 Å². The number of carbonyl (C=O) groups excluding carboxylic acids is 2. The average Bonchev–Trinajstić information content (AvgIpc) is 2.50. The number of Topliss-reactive ketones (excluding diaryl/α,β-unsaturated/α-hetero) is 1. The number of aryl methyl sites for hydroxylation is 1. The molecule has 120 valence electrons. The lowest BCUT2D eigenvalue weighted by Crippen LogP contribution is -2.43. The molecular formula is C15H15BrF3NO2. The van der Waals surface area contributed by atoms with Gasteiger partial charge in [-0.25, -0.2) is 0 Å². The van der Waals surface area contributed by atoms with E-state index in [0.29, 0.717) is 30.4 Å². The summed E-state index contributed by atoms with van der Waals surface area (Å²) in [6.45, 7) is 1.90. The zero-order valence-corrected chi connectivity index (χ0v) is 13.5. The molecule has 1 heterocycles. The molecule has 1 atom stereocenters. The van der Waals surface area contributed by atoms with Crippen molar-refractivity contribution in [1.29, 1.82) is 0 Å². The highest BCUT2D eigenvalue weighted by molar-refractivity contribution is 9.10. The van der Waals surface area contributed by atoms with Crippen molar-refractivity contribution < 1.29 is 22.8 Å². The zero-order valence-electron chi connectivity index (χ0n) is 11.9. The van der Waals surface area contributed by atoms with Crippen LogP contribution in [-0.2, 0) is 11.2 Å². The van der Waals surface area contributed by atoms with Gasteiger partial charge in [0.2, 0.25) is 0 Å². The van der Waals surface area contributed by atoms with Crippen LogP contribution >= 0.6 is 15.9 Å². The van der Waals surface area contributed by atoms with Crippen molar-refractivity contribution in [2.24, 2.45) is 0 Å². The second kappa shape index (κ2) is 6.40. The number of benzene rings is 1. The highest BCUT2D eigenvalue weighted by Crippen LogP contribution is 2.32. The van der Waals surface area contributed by atoms with Crippen molar-refractivity contribution in [3.63, 3.8) is 0 Å². The van der Waals surface area contributed by atoms with Crippen LogP contribution < -0.4 is 4.90 Å². The van der Waals surface area contributed by atoms with Gasteiger partial charge in [-0.1, -0.05) is 22.9 Å². The summed E-state index contributed by atoms with van der Waals surface area (Å²) < 4.78 is 37.9. The minimum absolute atomic E-state index is 0.0364. The molecule has 22 heavy (non-hydrogen) atoms. The summed E-state index contributed by atoms with van der Waals surface area (Å²) in [5, 5.41) is 0. The first-order chi connectivity index (χ1) is 10.3. The number of ketones is 1. The Hall–Kier alpha value is -1.37. The number of fused-ring (bicyclic) bond motifs is 1. The van der Waals surface area contributed by atoms with Crippen LogP contribution in [0.2, 0.25) is 0 Å². The number of hydrogen-bond donors (Lipinski definition) is 0. The highest BCUT2D eigenvalue weighted by Gasteiger charge is 2.44. The van der Waals surface area contributed by atoms with Gasteiger partial charge in [-0.2, -0.15) is 13.2 Å². The lowest BCUT2D eigenvalue weighted by molar-refractivity contribution is -0.170. The van der Waals surface area contributed by atoms with Gasteiger partial charge in [-0.3, -0.25) is 9.59 Å². The number of hydrogen-bond acceptors (Lipinski definition) is 2. The molecule has 3 nitrogen and oxygen atoms in total. The predicted molar refractivity (Wildman–Crippen MR) is 80.5 cm³/mol. The molecule has 0 aromatic heterocycles. The third-order valence-electron chi connectivity index (χ3n) is 3.61. The lowest BCUT2D eigenvalue weighted by atomic mass is 9.96. The first-order valence-electron chi connectivity index (χ1n) is 6.95. The van der Waals surface area contributed by atoms with E-state index in [4.69, 9.17) is 0 Å². The molecule has 1 amide bonds. The summed E-state index contributed by atoms with van der Waals surface area (Å²) in [5.41, 5.74) is 1.29. The maximum atomic E-state index is 12.6. The molecule has 1 aliphatic heterocycles. The van der Waals surface area contributed by atoms with Crippen molar-refractivity contribution in [2.45, 2.75) is 37.2 Å². The third-order valence-corrected chi connectivity index (χ3v) is 4.68. The maximum Gasteiger partial charge on any atom is 0.471 e. The minimum Gasteiger partial charge on any atom is -0.304 e. The van der Waals surface area contributed by atoms with Gasteiger partial charge in [-0.15, -0.1) is 0 Å². The molecule has 2 rings (SSSR count). The first-order valence-corrected chi connectivity index (χ1v) is 7.87.